The van der Waals surface area contributed by atoms with Crippen LogP contribution in [0, 0.1) is 11.6 Å². The highest BCUT2D eigenvalue weighted by Gasteiger charge is 2.17. The predicted molar refractivity (Wildman–Crippen MR) is 61.9 cm³/mol. The molecule has 1 saturated carbocycles. The minimum atomic E-state index is -0.828. The second-order valence-corrected chi connectivity index (χ2v) is 4.20. The van der Waals surface area contributed by atoms with Crippen molar-refractivity contribution in [2.45, 2.75) is 31.8 Å². The van der Waals surface area contributed by atoms with E-state index in [-0.39, 0.29) is 11.8 Å². The number of halogens is 2. The molecule has 1 aromatic rings. The van der Waals surface area contributed by atoms with E-state index >= 15 is 0 Å². The Labute approximate surface area is 103 Å². The molecule has 0 radical (unpaired) electrons. The summed E-state index contributed by atoms with van der Waals surface area (Å²) < 4.78 is 25.9. The first-order valence-corrected chi connectivity index (χ1v) is 5.83. The molecule has 98 valence electrons. The number of carbonyl (C=O) groups is 1. The highest BCUT2D eigenvalue weighted by atomic mass is 19.1. The topological polar surface area (TPSA) is 50.4 Å². The Hall–Kier alpha value is -1.69. The molecule has 18 heavy (non-hydrogen) atoms. The number of amides is 2. The number of anilines is 1. The van der Waals surface area contributed by atoms with Gasteiger partial charge in [0.25, 0.3) is 0 Å². The van der Waals surface area contributed by atoms with Gasteiger partial charge >= 0.3 is 6.03 Å². The number of urea groups is 1. The summed E-state index contributed by atoms with van der Waals surface area (Å²) in [7, 11) is 0. The Bertz CT molecular complexity index is 434. The first-order valence-electron chi connectivity index (χ1n) is 5.83. The number of carbonyl (C=O) groups excluding carboxylic acids is 1. The third-order valence-electron chi connectivity index (χ3n) is 2.80. The Morgan fingerprint density at radius 3 is 2.67 bits per heavy atom. The summed E-state index contributed by atoms with van der Waals surface area (Å²) >= 11 is 0. The Balaban J connectivity index is 1.82. The second-order valence-electron chi connectivity index (χ2n) is 4.20. The van der Waals surface area contributed by atoms with Gasteiger partial charge in [0.1, 0.15) is 11.6 Å². The summed E-state index contributed by atoms with van der Waals surface area (Å²) in [6, 6.07) is 2.25. The number of rotatable bonds is 3. The van der Waals surface area contributed by atoms with E-state index in [1.54, 1.807) is 0 Å². The molecule has 2 rings (SSSR count). The molecular weight excluding hydrogens is 242 g/mol. The SMILES string of the molecule is O=C(NOC1CCCC1)Nc1ccc(F)cc1F. The van der Waals surface area contributed by atoms with Gasteiger partial charge in [-0.3, -0.25) is 4.84 Å². The molecule has 0 saturated heterocycles. The number of hydroxylamine groups is 1. The Morgan fingerprint density at radius 2 is 2.00 bits per heavy atom. The lowest BCUT2D eigenvalue weighted by Gasteiger charge is -2.12. The summed E-state index contributed by atoms with van der Waals surface area (Å²) in [6.07, 6.45) is 4.01. The lowest BCUT2D eigenvalue weighted by atomic mass is 10.3. The molecule has 4 nitrogen and oxygen atoms in total. The van der Waals surface area contributed by atoms with Crippen LogP contribution in [0.3, 0.4) is 0 Å². The molecule has 6 heteroatoms. The maximum Gasteiger partial charge on any atom is 0.343 e. The summed E-state index contributed by atoms with van der Waals surface area (Å²) in [4.78, 5) is 16.5. The zero-order chi connectivity index (χ0) is 13.0. The molecule has 2 amide bonds. The van der Waals surface area contributed by atoms with Crippen LogP contribution in [0.2, 0.25) is 0 Å². The van der Waals surface area contributed by atoms with Crippen molar-refractivity contribution in [2.24, 2.45) is 0 Å². The van der Waals surface area contributed by atoms with Gasteiger partial charge in [0, 0.05) is 6.07 Å². The minimum Gasteiger partial charge on any atom is -0.303 e. The van der Waals surface area contributed by atoms with Crippen molar-refractivity contribution in [3.63, 3.8) is 0 Å². The molecule has 2 N–H and O–H groups in total. The quantitative estimate of drug-likeness (QED) is 0.817. The summed E-state index contributed by atoms with van der Waals surface area (Å²) in [5, 5.41) is 2.24. The fourth-order valence-corrected chi connectivity index (χ4v) is 1.88. The van der Waals surface area contributed by atoms with Gasteiger partial charge in [0.2, 0.25) is 0 Å². The molecule has 0 aromatic heterocycles. The van der Waals surface area contributed by atoms with Crippen molar-refractivity contribution in [2.75, 3.05) is 5.32 Å². The van der Waals surface area contributed by atoms with Gasteiger partial charge in [-0.05, 0) is 25.0 Å². The van der Waals surface area contributed by atoms with E-state index in [1.165, 1.54) is 0 Å². The predicted octanol–water partition coefficient (Wildman–Crippen LogP) is 2.96. The average molecular weight is 256 g/mol. The molecular formula is C12H14F2N2O2. The van der Waals surface area contributed by atoms with Crippen LogP contribution in [0.4, 0.5) is 19.3 Å². The van der Waals surface area contributed by atoms with Crippen molar-refractivity contribution in [1.29, 1.82) is 0 Å². The number of nitrogens with one attached hydrogen (secondary N) is 2. The van der Waals surface area contributed by atoms with E-state index in [9.17, 15) is 13.6 Å². The molecule has 0 spiro atoms. The van der Waals surface area contributed by atoms with E-state index < -0.39 is 17.7 Å². The normalized spacial score (nSPS) is 15.7. The van der Waals surface area contributed by atoms with Crippen LogP contribution < -0.4 is 10.8 Å². The Morgan fingerprint density at radius 1 is 1.28 bits per heavy atom. The maximum atomic E-state index is 13.2. The highest BCUT2D eigenvalue weighted by Crippen LogP contribution is 2.20. The van der Waals surface area contributed by atoms with Crippen molar-refractivity contribution in [3.05, 3.63) is 29.8 Å². The van der Waals surface area contributed by atoms with E-state index in [1.807, 2.05) is 0 Å². The van der Waals surface area contributed by atoms with Crippen molar-refractivity contribution in [1.82, 2.24) is 5.48 Å². The van der Waals surface area contributed by atoms with Gasteiger partial charge in [-0.2, -0.15) is 0 Å². The van der Waals surface area contributed by atoms with E-state index in [0.29, 0.717) is 6.07 Å². The average Bonchev–Trinajstić information content (AvgIpc) is 2.83. The molecule has 0 atom stereocenters. The third-order valence-corrected chi connectivity index (χ3v) is 2.80. The van der Waals surface area contributed by atoms with Gasteiger partial charge in [-0.1, -0.05) is 12.8 Å². The van der Waals surface area contributed by atoms with Gasteiger partial charge in [-0.25, -0.2) is 19.1 Å². The van der Waals surface area contributed by atoms with Gasteiger partial charge in [0.15, 0.2) is 0 Å². The van der Waals surface area contributed by atoms with Crippen LogP contribution in [0.25, 0.3) is 0 Å². The van der Waals surface area contributed by atoms with E-state index in [0.717, 1.165) is 37.8 Å². The summed E-state index contributed by atoms with van der Waals surface area (Å²) in [5.74, 6) is -1.52. The molecule has 0 unspecified atom stereocenters. The zero-order valence-electron chi connectivity index (χ0n) is 9.71. The van der Waals surface area contributed by atoms with Crippen LogP contribution in [0.15, 0.2) is 18.2 Å². The first-order chi connectivity index (χ1) is 8.65. The molecule has 1 aliphatic carbocycles. The number of hydrogen-bond acceptors (Lipinski definition) is 2. The highest BCUT2D eigenvalue weighted by molar-refractivity contribution is 5.88. The third kappa shape index (κ3) is 3.40. The van der Waals surface area contributed by atoms with Crippen LogP contribution in [-0.4, -0.2) is 12.1 Å². The van der Waals surface area contributed by atoms with Gasteiger partial charge < -0.3 is 5.32 Å². The van der Waals surface area contributed by atoms with Crippen LogP contribution >= 0.6 is 0 Å². The lowest BCUT2D eigenvalue weighted by molar-refractivity contribution is 0.00334. The van der Waals surface area contributed by atoms with Crippen LogP contribution in [0.1, 0.15) is 25.7 Å². The van der Waals surface area contributed by atoms with Crippen molar-refractivity contribution >= 4 is 11.7 Å². The monoisotopic (exact) mass is 256 g/mol. The van der Waals surface area contributed by atoms with E-state index in [4.69, 9.17) is 4.84 Å². The smallest absolute Gasteiger partial charge is 0.303 e. The van der Waals surface area contributed by atoms with Crippen molar-refractivity contribution in [3.8, 4) is 0 Å². The lowest BCUT2D eigenvalue weighted by Crippen LogP contribution is -2.32. The van der Waals surface area contributed by atoms with Gasteiger partial charge in [-0.15, -0.1) is 0 Å². The largest absolute Gasteiger partial charge is 0.343 e. The zero-order valence-corrected chi connectivity index (χ0v) is 9.71. The molecule has 0 aliphatic heterocycles. The number of benzene rings is 1. The Kier molecular flexibility index (Phi) is 4.09. The van der Waals surface area contributed by atoms with Crippen molar-refractivity contribution < 1.29 is 18.4 Å². The molecule has 1 fully saturated rings. The van der Waals surface area contributed by atoms with E-state index in [2.05, 4.69) is 10.8 Å². The summed E-state index contributed by atoms with van der Waals surface area (Å²) in [6.45, 7) is 0. The molecule has 1 aromatic carbocycles. The fourth-order valence-electron chi connectivity index (χ4n) is 1.88. The maximum absolute atomic E-state index is 13.2. The molecule has 0 heterocycles. The standard InChI is InChI=1S/C12H14F2N2O2/c13-8-5-6-11(10(14)7-8)15-12(17)16-18-9-3-1-2-4-9/h5-7,9H,1-4H2,(H2,15,16,17). The first kappa shape index (κ1) is 12.8. The number of hydrogen-bond donors (Lipinski definition) is 2. The van der Waals surface area contributed by atoms with Gasteiger partial charge in [0.05, 0.1) is 11.8 Å². The fraction of sp³-hybridized carbons (Fsp3) is 0.417. The van der Waals surface area contributed by atoms with Crippen LogP contribution in [-0.2, 0) is 4.84 Å². The molecule has 1 aliphatic rings. The second kappa shape index (κ2) is 5.77. The summed E-state index contributed by atoms with van der Waals surface area (Å²) in [5.41, 5.74) is 2.11. The molecule has 0 bridgehead atoms. The minimum absolute atomic E-state index is 0.0221. The van der Waals surface area contributed by atoms with Crippen LogP contribution in [0.5, 0.6) is 0 Å².